The second-order valence-electron chi connectivity index (χ2n) is 29.3. The molecule has 0 spiro atoms. The molecule has 0 saturated heterocycles. The molecule has 0 unspecified atom stereocenters. The van der Waals surface area contributed by atoms with Gasteiger partial charge in [0.25, 0.3) is 5.91 Å². The summed E-state index contributed by atoms with van der Waals surface area (Å²) in [6.07, 6.45) is 1.54. The average molecular weight is 1350 g/mol. The number of nitrogens with one attached hydrogen (secondary N) is 5. The highest BCUT2D eigenvalue weighted by Crippen LogP contribution is 2.24. The second-order valence-corrected chi connectivity index (χ2v) is 29.3. The minimum absolute atomic E-state index is 0.104. The Morgan fingerprint density at radius 1 is 0.442 bits per heavy atom. The fraction of sp³-hybridized carbons (Fsp3) is 0.779. The van der Waals surface area contributed by atoms with Crippen LogP contribution in [0.1, 0.15) is 177 Å². The number of likely N-dealkylation sites (N-methyl/N-ethyl adjacent to an activating group) is 6. The summed E-state index contributed by atoms with van der Waals surface area (Å²) in [6, 6.07) is -13.0. The van der Waals surface area contributed by atoms with Crippen LogP contribution in [0.25, 0.3) is 0 Å². The summed E-state index contributed by atoms with van der Waals surface area (Å²) in [5.41, 5.74) is -1.09. The first-order chi connectivity index (χ1) is 43.5. The van der Waals surface area contributed by atoms with E-state index in [0.717, 1.165) is 14.7 Å². The molecule has 0 aromatic carbocycles. The molecule has 0 rings (SSSR count). The third-order valence-corrected chi connectivity index (χ3v) is 16.6. The maximum atomic E-state index is 14.7. The van der Waals surface area contributed by atoms with Gasteiger partial charge >= 0.3 is 5.97 Å². The number of aliphatic hydroxyl groups is 2. The lowest BCUT2D eigenvalue weighted by molar-refractivity contribution is -0.160. The Labute approximate surface area is 565 Å². The molecule has 0 bridgehead atoms. The molecule has 27 nitrogen and oxygen atoms in total. The molecule has 0 radical (unpaired) electrons. The van der Waals surface area contributed by atoms with Crippen molar-refractivity contribution in [2.45, 2.75) is 250 Å². The van der Waals surface area contributed by atoms with Crippen molar-refractivity contribution in [1.29, 1.82) is 0 Å². The number of carboxylic acid groups (broad SMARTS) is 1. The quantitative estimate of drug-likeness (QED) is 0.0324. The minimum Gasteiger partial charge on any atom is -0.480 e. The summed E-state index contributed by atoms with van der Waals surface area (Å²) in [5, 5.41) is 45.1. The molecule has 27 heteroatoms. The lowest BCUT2D eigenvalue weighted by atomic mass is 9.90. The highest BCUT2D eigenvalue weighted by molar-refractivity contribution is 6.38. The van der Waals surface area contributed by atoms with Crippen LogP contribution in [0.15, 0.2) is 12.2 Å². The number of amides is 11. The SMILES string of the molecule is C/C=C/C[C@@H](C)[C@@H](O)[C@@H](C(=O)O)N(C)C(=O)[C@H](C(C)C)N(C)C(=O)[C@H](CC(C)C)NC(=O)[C@H](CC(C)C)N(C)C(=O)[C@@H](C)NC(=O)[C@H](C)NC(=O)[C@H](CC(C)C)N(C)C(=O)[C@H](CC(C)C)NC(=O)[C@H](CC(C)C)N(C)C(=O)CN(C)C(=O)[C@@H](NC(=O)C(=O)C(C)(C)C)[C@@H](C)O. The second kappa shape index (κ2) is 39.9. The molecule has 0 aromatic rings. The number of nitrogens with zero attached hydrogens (tertiary/aromatic N) is 6. The molecule has 0 aliphatic carbocycles. The van der Waals surface area contributed by atoms with E-state index in [1.807, 2.05) is 69.2 Å². The van der Waals surface area contributed by atoms with Gasteiger partial charge in [-0.2, -0.15) is 0 Å². The third-order valence-electron chi connectivity index (χ3n) is 16.6. The van der Waals surface area contributed by atoms with E-state index in [9.17, 15) is 77.6 Å². The van der Waals surface area contributed by atoms with Gasteiger partial charge in [0, 0.05) is 47.7 Å². The van der Waals surface area contributed by atoms with Gasteiger partial charge in [-0.15, -0.1) is 0 Å². The van der Waals surface area contributed by atoms with Crippen LogP contribution in [0, 0.1) is 46.8 Å². The summed E-state index contributed by atoms with van der Waals surface area (Å²) in [5.74, 6) is -12.5. The molecule has 0 saturated carbocycles. The van der Waals surface area contributed by atoms with E-state index in [2.05, 4.69) is 26.6 Å². The predicted molar refractivity (Wildman–Crippen MR) is 362 cm³/mol. The molecular weight excluding hydrogens is 1230 g/mol. The van der Waals surface area contributed by atoms with Gasteiger partial charge < -0.3 is 71.3 Å². The van der Waals surface area contributed by atoms with Crippen molar-refractivity contribution < 1.29 is 77.6 Å². The normalized spacial score (nSPS) is 16.0. The van der Waals surface area contributed by atoms with E-state index in [0.29, 0.717) is 6.42 Å². The fourth-order valence-corrected chi connectivity index (χ4v) is 10.9. The predicted octanol–water partition coefficient (Wildman–Crippen LogP) is 2.97. The zero-order valence-corrected chi connectivity index (χ0v) is 61.9. The minimum atomic E-state index is -1.64. The van der Waals surface area contributed by atoms with Crippen LogP contribution in [0.2, 0.25) is 0 Å². The molecular formula is C68H121N11O16. The standard InChI is InChI=1S/C68H121N11O16/c1-27-28-29-42(14)55(82)54(67(94)95)79(26)66(93)53(41(12)13)78(25)64(91)47(31-37(4)5)72-60(87)50(34-40(10)11)76(23)62(89)44(16)70-57(84)43(15)69-58(85)49(33-39(8)9)77(24)63(90)46(30-36(2)3)71-59(86)48(32-38(6)7)75(22)51(81)35-74(21)65(92)52(45(17)80)73-61(88)56(83)68(18,19)20/h27-28,36-50,52-55,80,82H,29-35H2,1-26H3,(H,69,85)(H,70,84)(H,71,86)(H,72,87)(H,73,88)(H,94,95)/b28-27+/t42-,43+,44-,45-,46+,47+,48+,49+,50+,52+,53+,54+,55-/m1/s1. The number of aliphatic carboxylic acids is 1. The first kappa shape index (κ1) is 88.0. The van der Waals surface area contributed by atoms with E-state index >= 15 is 0 Å². The van der Waals surface area contributed by atoms with Gasteiger partial charge in [0.2, 0.25) is 64.9 Å². The van der Waals surface area contributed by atoms with Crippen LogP contribution in [-0.4, -0.2) is 243 Å². The van der Waals surface area contributed by atoms with E-state index in [4.69, 9.17) is 0 Å². The Morgan fingerprint density at radius 2 is 0.821 bits per heavy atom. The molecule has 544 valence electrons. The Morgan fingerprint density at radius 3 is 1.20 bits per heavy atom. The number of carbonyl (C=O) groups excluding carboxylic acids is 12. The summed E-state index contributed by atoms with van der Waals surface area (Å²) in [6.45, 7) is 33.1. The van der Waals surface area contributed by atoms with E-state index in [-0.39, 0.29) is 61.7 Å². The molecule has 11 amide bonds. The fourth-order valence-electron chi connectivity index (χ4n) is 10.9. The van der Waals surface area contributed by atoms with Crippen LogP contribution in [-0.2, 0) is 62.3 Å². The summed E-state index contributed by atoms with van der Waals surface area (Å²) in [4.78, 5) is 187. The monoisotopic (exact) mass is 1350 g/mol. The summed E-state index contributed by atoms with van der Waals surface area (Å²) in [7, 11) is 8.07. The molecule has 95 heavy (non-hydrogen) atoms. The van der Waals surface area contributed by atoms with Gasteiger partial charge in [0.05, 0.1) is 18.8 Å². The van der Waals surface area contributed by atoms with Crippen molar-refractivity contribution in [1.82, 2.24) is 56.0 Å². The lowest BCUT2D eigenvalue weighted by Gasteiger charge is -2.39. The summed E-state index contributed by atoms with van der Waals surface area (Å²) >= 11 is 0. The first-order valence-corrected chi connectivity index (χ1v) is 33.3. The Bertz CT molecular complexity index is 2650. The number of Topliss-reactive ketones (excluding diaryl/α,β-unsaturated/α-hetero) is 1. The molecule has 8 N–H and O–H groups in total. The Balaban J connectivity index is 6.74. The third kappa shape index (κ3) is 27.5. The van der Waals surface area contributed by atoms with Crippen LogP contribution in [0.5, 0.6) is 0 Å². The number of rotatable bonds is 39. The van der Waals surface area contributed by atoms with Crippen LogP contribution in [0.3, 0.4) is 0 Å². The maximum absolute atomic E-state index is 14.7. The number of aliphatic hydroxyl groups excluding tert-OH is 2. The van der Waals surface area contributed by atoms with Gasteiger partial charge in [0.1, 0.15) is 54.4 Å². The van der Waals surface area contributed by atoms with Crippen molar-refractivity contribution in [3.05, 3.63) is 12.2 Å². The van der Waals surface area contributed by atoms with Gasteiger partial charge in [0.15, 0.2) is 6.04 Å². The molecule has 0 aliphatic rings. The van der Waals surface area contributed by atoms with Crippen molar-refractivity contribution in [3.8, 4) is 0 Å². The summed E-state index contributed by atoms with van der Waals surface area (Å²) < 4.78 is 0. The van der Waals surface area contributed by atoms with Crippen LogP contribution < -0.4 is 26.6 Å². The van der Waals surface area contributed by atoms with E-state index in [1.54, 1.807) is 39.8 Å². The number of hydrogen-bond acceptors (Lipinski definition) is 15. The Hall–Kier alpha value is -7.03. The molecule has 0 fully saturated rings. The van der Waals surface area contributed by atoms with Crippen molar-refractivity contribution >= 4 is 76.7 Å². The average Bonchev–Trinajstić information content (AvgIpc) is 0.830. The van der Waals surface area contributed by atoms with Crippen molar-refractivity contribution in [2.24, 2.45) is 46.8 Å². The first-order valence-electron chi connectivity index (χ1n) is 33.3. The van der Waals surface area contributed by atoms with Crippen LogP contribution >= 0.6 is 0 Å². The molecule has 0 aliphatic heterocycles. The topological polar surface area (TPSA) is 362 Å². The zero-order chi connectivity index (χ0) is 74.3. The number of allylic oxidation sites excluding steroid dienone is 2. The van der Waals surface area contributed by atoms with Gasteiger partial charge in [-0.25, -0.2) is 4.79 Å². The lowest BCUT2D eigenvalue weighted by Crippen LogP contribution is -2.61. The van der Waals surface area contributed by atoms with Crippen LogP contribution in [0.4, 0.5) is 0 Å². The Kier molecular flexibility index (Phi) is 36.9. The van der Waals surface area contributed by atoms with Gasteiger partial charge in [-0.3, -0.25) is 57.5 Å². The van der Waals surface area contributed by atoms with E-state index in [1.165, 1.54) is 98.5 Å². The number of ketones is 1. The maximum Gasteiger partial charge on any atom is 0.329 e. The van der Waals surface area contributed by atoms with Gasteiger partial charge in [-0.1, -0.05) is 123 Å². The smallest absolute Gasteiger partial charge is 0.329 e. The van der Waals surface area contributed by atoms with Crippen molar-refractivity contribution in [3.63, 3.8) is 0 Å². The molecule has 0 heterocycles. The number of hydrogen-bond donors (Lipinski definition) is 8. The zero-order valence-electron chi connectivity index (χ0n) is 61.9. The number of carbonyl (C=O) groups is 13. The van der Waals surface area contributed by atoms with Gasteiger partial charge in [-0.05, 0) is 108 Å². The van der Waals surface area contributed by atoms with Crippen molar-refractivity contribution in [2.75, 3.05) is 48.8 Å². The number of carboxylic acids is 1. The highest BCUT2D eigenvalue weighted by Gasteiger charge is 2.44. The molecule has 0 aromatic heterocycles. The largest absolute Gasteiger partial charge is 0.480 e. The van der Waals surface area contributed by atoms with E-state index < -0.39 is 173 Å². The highest BCUT2D eigenvalue weighted by atomic mass is 16.4. The molecule has 13 atom stereocenters.